The molecule has 2 aromatic rings. The summed E-state index contributed by atoms with van der Waals surface area (Å²) < 4.78 is 7.57. The molecule has 2 aliphatic heterocycles. The molecule has 1 saturated heterocycles. The number of carbonyl (C=O) groups excluding carboxylic acids is 2. The summed E-state index contributed by atoms with van der Waals surface area (Å²) in [6.07, 6.45) is 4.55. The highest BCUT2D eigenvalue weighted by atomic mass is 16.5. The van der Waals surface area contributed by atoms with Crippen molar-refractivity contribution in [3.05, 3.63) is 53.3 Å². The number of likely N-dealkylation sites (tertiary alicyclic amines) is 1. The van der Waals surface area contributed by atoms with Gasteiger partial charge in [0.15, 0.2) is 0 Å². The molecule has 1 unspecified atom stereocenters. The monoisotopic (exact) mass is 368 g/mol. The normalized spacial score (nSPS) is 24.6. The molecular weight excluding hydrogens is 344 g/mol. The van der Waals surface area contributed by atoms with Gasteiger partial charge < -0.3 is 15.4 Å². The van der Waals surface area contributed by atoms with Crippen LogP contribution in [0.1, 0.15) is 35.1 Å². The number of hydrogen-bond acceptors (Lipinski definition) is 4. The molecule has 2 aliphatic rings. The zero-order chi connectivity index (χ0) is 19.0. The van der Waals surface area contributed by atoms with E-state index < -0.39 is 5.92 Å². The Hall–Kier alpha value is -2.67. The number of benzene rings is 1. The van der Waals surface area contributed by atoms with Crippen LogP contribution in [-0.2, 0) is 27.8 Å². The van der Waals surface area contributed by atoms with Gasteiger partial charge in [-0.1, -0.05) is 24.3 Å². The highest BCUT2D eigenvalue weighted by Crippen LogP contribution is 2.35. The van der Waals surface area contributed by atoms with Gasteiger partial charge in [-0.15, -0.1) is 0 Å². The second kappa shape index (κ2) is 7.15. The lowest BCUT2D eigenvalue weighted by molar-refractivity contribution is -0.134. The fourth-order valence-corrected chi connectivity index (χ4v) is 4.20. The standard InChI is InChI=1S/C20H24N4O3/c1-23-10-14(9-22-23)16-11-24(12-17(16)20(21)26)19(25)8-18-15-5-3-2-4-13(15)6-7-27-18/h2-5,9-10,16-18H,6-8,11-12H2,1H3,(H2,21,26)/t16-,17+,18?/m1/s1. The molecule has 27 heavy (non-hydrogen) atoms. The first-order chi connectivity index (χ1) is 13.0. The van der Waals surface area contributed by atoms with Gasteiger partial charge in [0.25, 0.3) is 0 Å². The lowest BCUT2D eigenvalue weighted by Crippen LogP contribution is -2.33. The number of fused-ring (bicyclic) bond motifs is 1. The van der Waals surface area contributed by atoms with Crippen molar-refractivity contribution in [2.24, 2.45) is 18.7 Å². The SMILES string of the molecule is Cn1cc([C@H]2CN(C(=O)CC3OCCc4ccccc43)C[C@@H]2C(N)=O)cn1. The second-order valence-corrected chi connectivity index (χ2v) is 7.37. The van der Waals surface area contributed by atoms with Crippen LogP contribution in [0.25, 0.3) is 0 Å². The molecule has 1 fully saturated rings. The van der Waals surface area contributed by atoms with Gasteiger partial charge in [-0.05, 0) is 23.1 Å². The van der Waals surface area contributed by atoms with Crippen LogP contribution in [0.15, 0.2) is 36.7 Å². The fourth-order valence-electron chi connectivity index (χ4n) is 4.20. The minimum absolute atomic E-state index is 0.00524. The van der Waals surface area contributed by atoms with Crippen molar-refractivity contribution >= 4 is 11.8 Å². The predicted octanol–water partition coefficient (Wildman–Crippen LogP) is 1.15. The molecule has 1 aromatic heterocycles. The van der Waals surface area contributed by atoms with E-state index in [4.69, 9.17) is 10.5 Å². The number of aromatic nitrogens is 2. The van der Waals surface area contributed by atoms with Gasteiger partial charge in [-0.3, -0.25) is 14.3 Å². The largest absolute Gasteiger partial charge is 0.373 e. The lowest BCUT2D eigenvalue weighted by Gasteiger charge is -2.27. The van der Waals surface area contributed by atoms with Crippen LogP contribution in [0.3, 0.4) is 0 Å². The van der Waals surface area contributed by atoms with Crippen LogP contribution in [0.5, 0.6) is 0 Å². The summed E-state index contributed by atoms with van der Waals surface area (Å²) >= 11 is 0. The molecule has 0 bridgehead atoms. The summed E-state index contributed by atoms with van der Waals surface area (Å²) in [7, 11) is 1.83. The van der Waals surface area contributed by atoms with Crippen LogP contribution in [0.4, 0.5) is 0 Å². The summed E-state index contributed by atoms with van der Waals surface area (Å²) in [5.74, 6) is -0.884. The Morgan fingerprint density at radius 3 is 2.85 bits per heavy atom. The zero-order valence-electron chi connectivity index (χ0n) is 15.4. The van der Waals surface area contributed by atoms with E-state index in [1.807, 2.05) is 31.4 Å². The molecule has 0 aliphatic carbocycles. The van der Waals surface area contributed by atoms with Gasteiger partial charge in [0.1, 0.15) is 0 Å². The number of hydrogen-bond donors (Lipinski definition) is 1. The van der Waals surface area contributed by atoms with Crippen molar-refractivity contribution in [1.82, 2.24) is 14.7 Å². The molecule has 4 rings (SSSR count). The Balaban J connectivity index is 1.49. The molecule has 7 heteroatoms. The molecule has 2 amide bonds. The maximum Gasteiger partial charge on any atom is 0.225 e. The molecule has 3 atom stereocenters. The van der Waals surface area contributed by atoms with Crippen LogP contribution >= 0.6 is 0 Å². The summed E-state index contributed by atoms with van der Waals surface area (Å²) in [6, 6.07) is 8.11. The lowest BCUT2D eigenvalue weighted by atomic mass is 9.90. The zero-order valence-corrected chi connectivity index (χ0v) is 15.4. The molecule has 0 radical (unpaired) electrons. The number of amides is 2. The fraction of sp³-hybridized carbons (Fsp3) is 0.450. The summed E-state index contributed by atoms with van der Waals surface area (Å²) in [5.41, 5.74) is 8.89. The third-order valence-electron chi connectivity index (χ3n) is 5.64. The number of nitrogens with zero attached hydrogens (tertiary/aromatic N) is 3. The van der Waals surface area contributed by atoms with E-state index in [1.54, 1.807) is 15.8 Å². The number of ether oxygens (including phenoxy) is 1. The van der Waals surface area contributed by atoms with Gasteiger partial charge >= 0.3 is 0 Å². The molecule has 142 valence electrons. The Morgan fingerprint density at radius 2 is 2.11 bits per heavy atom. The quantitative estimate of drug-likeness (QED) is 0.877. The smallest absolute Gasteiger partial charge is 0.225 e. The first kappa shape index (κ1) is 17.7. The van der Waals surface area contributed by atoms with Crippen molar-refractivity contribution in [2.45, 2.75) is 24.9 Å². The summed E-state index contributed by atoms with van der Waals surface area (Å²) in [4.78, 5) is 26.6. The average Bonchev–Trinajstić information content (AvgIpc) is 3.28. The molecule has 7 nitrogen and oxygen atoms in total. The molecule has 1 aromatic carbocycles. The van der Waals surface area contributed by atoms with Crippen LogP contribution < -0.4 is 5.73 Å². The van der Waals surface area contributed by atoms with Crippen molar-refractivity contribution in [3.63, 3.8) is 0 Å². The number of carbonyl (C=O) groups is 2. The minimum atomic E-state index is -0.391. The first-order valence-corrected chi connectivity index (χ1v) is 9.28. The van der Waals surface area contributed by atoms with Crippen LogP contribution in [0.2, 0.25) is 0 Å². The number of rotatable bonds is 4. The van der Waals surface area contributed by atoms with E-state index in [-0.39, 0.29) is 30.3 Å². The summed E-state index contributed by atoms with van der Waals surface area (Å²) in [6.45, 7) is 1.45. The van der Waals surface area contributed by atoms with Gasteiger partial charge in [0.2, 0.25) is 11.8 Å². The molecule has 3 heterocycles. The third kappa shape index (κ3) is 3.47. The Kier molecular flexibility index (Phi) is 4.70. The van der Waals surface area contributed by atoms with Crippen molar-refractivity contribution in [2.75, 3.05) is 19.7 Å². The van der Waals surface area contributed by atoms with E-state index in [9.17, 15) is 9.59 Å². The van der Waals surface area contributed by atoms with E-state index in [1.165, 1.54) is 5.56 Å². The Morgan fingerprint density at radius 1 is 1.30 bits per heavy atom. The molecule has 0 saturated carbocycles. The third-order valence-corrected chi connectivity index (χ3v) is 5.64. The van der Waals surface area contributed by atoms with Gasteiger partial charge in [0.05, 0.1) is 31.2 Å². The average molecular weight is 368 g/mol. The first-order valence-electron chi connectivity index (χ1n) is 9.28. The molecule has 2 N–H and O–H groups in total. The maximum atomic E-state index is 12.9. The predicted molar refractivity (Wildman–Crippen MR) is 98.7 cm³/mol. The van der Waals surface area contributed by atoms with E-state index in [0.717, 1.165) is 17.5 Å². The molecule has 0 spiro atoms. The van der Waals surface area contributed by atoms with E-state index in [0.29, 0.717) is 19.7 Å². The van der Waals surface area contributed by atoms with Gasteiger partial charge in [-0.25, -0.2) is 0 Å². The van der Waals surface area contributed by atoms with Gasteiger partial charge in [0, 0.05) is 32.3 Å². The number of nitrogens with two attached hydrogens (primary N) is 1. The number of primary amides is 1. The van der Waals surface area contributed by atoms with Crippen molar-refractivity contribution in [1.29, 1.82) is 0 Å². The minimum Gasteiger partial charge on any atom is -0.373 e. The second-order valence-electron chi connectivity index (χ2n) is 7.37. The highest BCUT2D eigenvalue weighted by molar-refractivity contribution is 5.82. The summed E-state index contributed by atoms with van der Waals surface area (Å²) in [5, 5.41) is 4.18. The molecular formula is C20H24N4O3. The number of aryl methyl sites for hydroxylation is 1. The maximum absolute atomic E-state index is 12.9. The van der Waals surface area contributed by atoms with Crippen molar-refractivity contribution in [3.8, 4) is 0 Å². The van der Waals surface area contributed by atoms with E-state index in [2.05, 4.69) is 11.2 Å². The highest BCUT2D eigenvalue weighted by Gasteiger charge is 2.40. The van der Waals surface area contributed by atoms with Gasteiger partial charge in [-0.2, -0.15) is 5.10 Å². The van der Waals surface area contributed by atoms with Crippen LogP contribution in [0, 0.1) is 5.92 Å². The van der Waals surface area contributed by atoms with E-state index >= 15 is 0 Å². The van der Waals surface area contributed by atoms with Crippen molar-refractivity contribution < 1.29 is 14.3 Å². The topological polar surface area (TPSA) is 90.5 Å². The van der Waals surface area contributed by atoms with Crippen LogP contribution in [-0.4, -0.2) is 46.2 Å². The Labute approximate surface area is 158 Å². The Bertz CT molecular complexity index is 862.